The highest BCUT2D eigenvalue weighted by Crippen LogP contribution is 2.38. The van der Waals surface area contributed by atoms with E-state index in [2.05, 4.69) is 11.0 Å². The molecule has 0 spiro atoms. The molecule has 1 amide bonds. The first-order chi connectivity index (χ1) is 11.6. The van der Waals surface area contributed by atoms with Crippen LogP contribution in [0.4, 0.5) is 0 Å². The van der Waals surface area contributed by atoms with E-state index in [0.29, 0.717) is 42.3 Å². The lowest BCUT2D eigenvalue weighted by Crippen LogP contribution is -2.48. The monoisotopic (exact) mass is 333 g/mol. The standard InChI is InChI=1S/C17H23N3O4/c1-22-14-11-13(12-15(23-2)16(14)24-3)17(21)20-9-7-19(8-10-20)6-4-5-18/h11-12H,4,6-10H2,1-3H3. The molecule has 1 fully saturated rings. The molecule has 1 aliphatic rings. The molecule has 0 unspecified atom stereocenters. The van der Waals surface area contributed by atoms with Crippen molar-refractivity contribution in [1.29, 1.82) is 5.26 Å². The second kappa shape index (κ2) is 8.41. The number of benzene rings is 1. The van der Waals surface area contributed by atoms with Gasteiger partial charge in [-0.15, -0.1) is 0 Å². The molecule has 1 aliphatic heterocycles. The van der Waals surface area contributed by atoms with Crippen LogP contribution in [0.1, 0.15) is 16.8 Å². The minimum Gasteiger partial charge on any atom is -0.493 e. The molecule has 0 saturated carbocycles. The van der Waals surface area contributed by atoms with Crippen molar-refractivity contribution in [2.75, 3.05) is 54.1 Å². The number of nitrogens with zero attached hydrogens (tertiary/aromatic N) is 3. The summed E-state index contributed by atoms with van der Waals surface area (Å²) in [5.74, 6) is 1.34. The summed E-state index contributed by atoms with van der Waals surface area (Å²) >= 11 is 0. The van der Waals surface area contributed by atoms with Gasteiger partial charge in [-0.25, -0.2) is 0 Å². The van der Waals surface area contributed by atoms with Gasteiger partial charge in [0.05, 0.1) is 27.4 Å². The van der Waals surface area contributed by atoms with Crippen molar-refractivity contribution in [3.63, 3.8) is 0 Å². The number of piperazine rings is 1. The molecule has 130 valence electrons. The third-order valence-electron chi connectivity index (χ3n) is 4.11. The Morgan fingerprint density at radius 3 is 2.12 bits per heavy atom. The third-order valence-corrected chi connectivity index (χ3v) is 4.11. The topological polar surface area (TPSA) is 75.0 Å². The average Bonchev–Trinajstić information content (AvgIpc) is 2.64. The zero-order chi connectivity index (χ0) is 17.5. The van der Waals surface area contributed by atoms with Crippen molar-refractivity contribution in [2.45, 2.75) is 6.42 Å². The van der Waals surface area contributed by atoms with E-state index in [0.717, 1.165) is 19.6 Å². The van der Waals surface area contributed by atoms with Gasteiger partial charge in [0, 0.05) is 44.7 Å². The van der Waals surface area contributed by atoms with Crippen molar-refractivity contribution in [3.05, 3.63) is 17.7 Å². The number of amides is 1. The van der Waals surface area contributed by atoms with Crippen LogP contribution in [0.15, 0.2) is 12.1 Å². The summed E-state index contributed by atoms with van der Waals surface area (Å²) in [6.45, 7) is 3.58. The normalized spacial score (nSPS) is 14.8. The first kappa shape index (κ1) is 17.9. The first-order valence-corrected chi connectivity index (χ1v) is 7.83. The third kappa shape index (κ3) is 3.89. The van der Waals surface area contributed by atoms with Crippen LogP contribution >= 0.6 is 0 Å². The molecule has 1 saturated heterocycles. The molecule has 1 aromatic carbocycles. The van der Waals surface area contributed by atoms with Crippen LogP contribution < -0.4 is 14.2 Å². The lowest BCUT2D eigenvalue weighted by Gasteiger charge is -2.34. The molecule has 2 rings (SSSR count). The maximum absolute atomic E-state index is 12.8. The summed E-state index contributed by atoms with van der Waals surface area (Å²) < 4.78 is 15.9. The first-order valence-electron chi connectivity index (χ1n) is 7.83. The summed E-state index contributed by atoms with van der Waals surface area (Å²) in [6, 6.07) is 5.49. The largest absolute Gasteiger partial charge is 0.493 e. The molecular formula is C17H23N3O4. The Labute approximate surface area is 142 Å². The molecular weight excluding hydrogens is 310 g/mol. The van der Waals surface area contributed by atoms with Crippen molar-refractivity contribution in [2.24, 2.45) is 0 Å². The van der Waals surface area contributed by atoms with Gasteiger partial charge in [0.25, 0.3) is 5.91 Å². The average molecular weight is 333 g/mol. The second-order valence-corrected chi connectivity index (χ2v) is 5.46. The molecule has 24 heavy (non-hydrogen) atoms. The number of methoxy groups -OCH3 is 3. The Morgan fingerprint density at radius 2 is 1.67 bits per heavy atom. The Morgan fingerprint density at radius 1 is 1.08 bits per heavy atom. The van der Waals surface area contributed by atoms with Crippen LogP contribution in [0, 0.1) is 11.3 Å². The van der Waals surface area contributed by atoms with Gasteiger partial charge in [0.2, 0.25) is 5.75 Å². The van der Waals surface area contributed by atoms with Crippen molar-refractivity contribution in [3.8, 4) is 23.3 Å². The summed E-state index contributed by atoms with van der Waals surface area (Å²) in [6.07, 6.45) is 0.515. The predicted octanol–water partition coefficient (Wildman–Crippen LogP) is 1.38. The summed E-state index contributed by atoms with van der Waals surface area (Å²) in [7, 11) is 4.58. The number of carbonyl (C=O) groups excluding carboxylic acids is 1. The maximum Gasteiger partial charge on any atom is 0.254 e. The maximum atomic E-state index is 12.8. The van der Waals surface area contributed by atoms with Crippen molar-refractivity contribution < 1.29 is 19.0 Å². The van der Waals surface area contributed by atoms with Gasteiger partial charge in [0.1, 0.15) is 0 Å². The Kier molecular flexibility index (Phi) is 6.27. The van der Waals surface area contributed by atoms with Crippen LogP contribution in [-0.4, -0.2) is 69.8 Å². The quantitative estimate of drug-likeness (QED) is 0.783. The van der Waals surface area contributed by atoms with Gasteiger partial charge in [0.15, 0.2) is 11.5 Å². The van der Waals surface area contributed by atoms with Gasteiger partial charge in [-0.2, -0.15) is 5.26 Å². The van der Waals surface area contributed by atoms with Crippen molar-refractivity contribution in [1.82, 2.24) is 9.80 Å². The van der Waals surface area contributed by atoms with E-state index in [1.807, 2.05) is 4.90 Å². The van der Waals surface area contributed by atoms with E-state index in [9.17, 15) is 4.79 Å². The van der Waals surface area contributed by atoms with Crippen LogP contribution in [0.25, 0.3) is 0 Å². The highest BCUT2D eigenvalue weighted by atomic mass is 16.5. The van der Waals surface area contributed by atoms with Crippen molar-refractivity contribution >= 4 is 5.91 Å². The lowest BCUT2D eigenvalue weighted by molar-refractivity contribution is 0.0639. The molecule has 0 atom stereocenters. The fourth-order valence-electron chi connectivity index (χ4n) is 2.77. The molecule has 0 radical (unpaired) electrons. The minimum atomic E-state index is -0.0609. The number of hydrogen-bond acceptors (Lipinski definition) is 6. The molecule has 0 aliphatic carbocycles. The fraction of sp³-hybridized carbons (Fsp3) is 0.529. The molecule has 0 bridgehead atoms. The molecule has 1 aromatic rings. The lowest BCUT2D eigenvalue weighted by atomic mass is 10.1. The Hall–Kier alpha value is -2.46. The summed E-state index contributed by atoms with van der Waals surface area (Å²) in [5.41, 5.74) is 0.509. The fourth-order valence-corrected chi connectivity index (χ4v) is 2.77. The molecule has 0 aromatic heterocycles. The summed E-state index contributed by atoms with van der Waals surface area (Å²) in [4.78, 5) is 16.8. The van der Waals surface area contributed by atoms with Gasteiger partial charge in [-0.05, 0) is 12.1 Å². The Balaban J connectivity index is 2.12. The van der Waals surface area contributed by atoms with Gasteiger partial charge >= 0.3 is 0 Å². The molecule has 0 N–H and O–H groups in total. The number of rotatable bonds is 6. The SMILES string of the molecule is COc1cc(C(=O)N2CCN(CCC#N)CC2)cc(OC)c1OC. The van der Waals surface area contributed by atoms with Crippen LogP contribution in [-0.2, 0) is 0 Å². The van der Waals surface area contributed by atoms with Crippen LogP contribution in [0.5, 0.6) is 17.2 Å². The zero-order valence-corrected chi connectivity index (χ0v) is 14.4. The number of ether oxygens (including phenoxy) is 3. The number of nitriles is 1. The van der Waals surface area contributed by atoms with E-state index in [4.69, 9.17) is 19.5 Å². The van der Waals surface area contributed by atoms with Gasteiger partial charge in [-0.1, -0.05) is 0 Å². The Bertz CT molecular complexity index is 594. The molecule has 1 heterocycles. The highest BCUT2D eigenvalue weighted by Gasteiger charge is 2.24. The second-order valence-electron chi connectivity index (χ2n) is 5.46. The predicted molar refractivity (Wildman–Crippen MR) is 88.7 cm³/mol. The number of hydrogen-bond donors (Lipinski definition) is 0. The molecule has 7 nitrogen and oxygen atoms in total. The number of carbonyl (C=O) groups is 1. The summed E-state index contributed by atoms with van der Waals surface area (Å²) in [5, 5.41) is 8.65. The van der Waals surface area contributed by atoms with E-state index >= 15 is 0 Å². The van der Waals surface area contributed by atoms with E-state index in [1.165, 1.54) is 21.3 Å². The van der Waals surface area contributed by atoms with Gasteiger partial charge < -0.3 is 19.1 Å². The van der Waals surface area contributed by atoms with Crippen LogP contribution in [0.3, 0.4) is 0 Å². The zero-order valence-electron chi connectivity index (χ0n) is 14.4. The molecule has 7 heteroatoms. The van der Waals surface area contributed by atoms with E-state index in [1.54, 1.807) is 12.1 Å². The van der Waals surface area contributed by atoms with Gasteiger partial charge in [-0.3, -0.25) is 9.69 Å². The smallest absolute Gasteiger partial charge is 0.254 e. The van der Waals surface area contributed by atoms with Crippen LogP contribution in [0.2, 0.25) is 0 Å². The van der Waals surface area contributed by atoms with E-state index in [-0.39, 0.29) is 5.91 Å². The minimum absolute atomic E-state index is 0.0609. The highest BCUT2D eigenvalue weighted by molar-refractivity contribution is 5.95. The van der Waals surface area contributed by atoms with E-state index < -0.39 is 0 Å².